The average molecular weight is 496 g/mol. The first-order chi connectivity index (χ1) is 18.2. The van der Waals surface area contributed by atoms with Crippen molar-refractivity contribution in [3.63, 3.8) is 0 Å². The minimum absolute atomic E-state index is 0.435. The molecule has 2 atom stereocenters. The monoisotopic (exact) mass is 495 g/mol. The molecule has 4 heterocycles. The van der Waals surface area contributed by atoms with Gasteiger partial charge in [0.15, 0.2) is 0 Å². The van der Waals surface area contributed by atoms with E-state index >= 15 is 0 Å². The van der Waals surface area contributed by atoms with Crippen LogP contribution < -0.4 is 14.5 Å². The number of aromatic nitrogens is 2. The minimum atomic E-state index is 0.435. The molecule has 1 aromatic heterocycles. The van der Waals surface area contributed by atoms with Crippen LogP contribution >= 0.6 is 0 Å². The molecule has 2 saturated heterocycles. The molecule has 2 fully saturated rings. The second-order valence-corrected chi connectivity index (χ2v) is 10.9. The van der Waals surface area contributed by atoms with Crippen LogP contribution in [0, 0.1) is 18.3 Å². The molecule has 0 radical (unpaired) electrons. The molecule has 0 bridgehead atoms. The van der Waals surface area contributed by atoms with E-state index in [1.54, 1.807) is 0 Å². The Bertz CT molecular complexity index is 1300. The Morgan fingerprint density at radius 2 is 1.86 bits per heavy atom. The van der Waals surface area contributed by atoms with Gasteiger partial charge in [0.1, 0.15) is 12.4 Å². The number of hydrogen-bond donors (Lipinski definition) is 0. The van der Waals surface area contributed by atoms with Crippen LogP contribution in [0.15, 0.2) is 42.5 Å². The number of benzene rings is 2. The Kier molecular flexibility index (Phi) is 6.89. The van der Waals surface area contributed by atoms with Gasteiger partial charge in [-0.05, 0) is 63.1 Å². The normalized spacial score (nSPS) is 22.2. The Labute approximate surface area is 220 Å². The van der Waals surface area contributed by atoms with Crippen LogP contribution in [0.3, 0.4) is 0 Å². The number of rotatable bonds is 6. The van der Waals surface area contributed by atoms with Crippen LogP contribution in [0.1, 0.15) is 43.4 Å². The number of fused-ring (bicyclic) bond motifs is 2. The topological polar surface area (TPSA) is 44.7 Å². The average Bonchev–Trinajstić information content (AvgIpc) is 3.35. The van der Waals surface area contributed by atoms with Gasteiger partial charge in [-0.1, -0.05) is 36.4 Å². The Morgan fingerprint density at radius 3 is 2.73 bits per heavy atom. The van der Waals surface area contributed by atoms with Crippen molar-refractivity contribution in [3.8, 4) is 18.4 Å². The smallest absolute Gasteiger partial charge is 0.318 e. The summed E-state index contributed by atoms with van der Waals surface area (Å²) in [5.74, 6) is 4.48. The summed E-state index contributed by atoms with van der Waals surface area (Å²) in [6.07, 6.45) is 12.2. The van der Waals surface area contributed by atoms with Gasteiger partial charge in [-0.25, -0.2) is 0 Å². The van der Waals surface area contributed by atoms with E-state index in [1.165, 1.54) is 41.3 Å². The van der Waals surface area contributed by atoms with Crippen molar-refractivity contribution in [2.24, 2.45) is 5.92 Å². The third kappa shape index (κ3) is 4.98. The van der Waals surface area contributed by atoms with Gasteiger partial charge in [0.25, 0.3) is 0 Å². The summed E-state index contributed by atoms with van der Waals surface area (Å²) in [4.78, 5) is 17.4. The lowest BCUT2D eigenvalue weighted by Gasteiger charge is -2.37. The Hall–Kier alpha value is -3.30. The summed E-state index contributed by atoms with van der Waals surface area (Å²) in [5, 5.41) is 2.56. The lowest BCUT2D eigenvalue weighted by Crippen LogP contribution is -2.39. The summed E-state index contributed by atoms with van der Waals surface area (Å²) in [6.45, 7) is 5.47. The predicted octanol–water partition coefficient (Wildman–Crippen LogP) is 4.91. The first-order valence-electron chi connectivity index (χ1n) is 13.8. The van der Waals surface area contributed by atoms with Crippen LogP contribution in [0.2, 0.25) is 0 Å². The van der Waals surface area contributed by atoms with Crippen molar-refractivity contribution in [2.45, 2.75) is 51.1 Å². The van der Waals surface area contributed by atoms with E-state index in [0.29, 0.717) is 24.6 Å². The molecule has 0 aliphatic carbocycles. The number of terminal acetylenes is 1. The zero-order chi connectivity index (χ0) is 25.2. The van der Waals surface area contributed by atoms with Crippen LogP contribution in [-0.4, -0.2) is 60.7 Å². The van der Waals surface area contributed by atoms with E-state index in [1.807, 2.05) is 0 Å². The molecule has 6 nitrogen and oxygen atoms in total. The highest BCUT2D eigenvalue weighted by molar-refractivity contribution is 5.94. The van der Waals surface area contributed by atoms with Crippen LogP contribution in [0.5, 0.6) is 6.01 Å². The second-order valence-electron chi connectivity index (χ2n) is 10.9. The van der Waals surface area contributed by atoms with Crippen molar-refractivity contribution in [3.05, 3.63) is 53.7 Å². The van der Waals surface area contributed by atoms with Crippen LogP contribution in [0.4, 0.5) is 11.5 Å². The second kappa shape index (κ2) is 10.6. The summed E-state index contributed by atoms with van der Waals surface area (Å²) in [5.41, 5.74) is 3.65. The SMILES string of the molecule is C#CC[C@@H]1CCCN(c2nc(OC[C@@H]3CCCN3C)nc3c2CCN(c2cccc4ccccc24)C3)C1. The quantitative estimate of drug-likeness (QED) is 0.453. The lowest BCUT2D eigenvalue weighted by atomic mass is 9.94. The largest absolute Gasteiger partial charge is 0.462 e. The number of piperidine rings is 1. The molecule has 3 aliphatic heterocycles. The molecule has 3 aromatic rings. The molecule has 2 aromatic carbocycles. The van der Waals surface area contributed by atoms with Crippen LogP contribution in [-0.2, 0) is 13.0 Å². The molecule has 6 heteroatoms. The first-order valence-corrected chi connectivity index (χ1v) is 13.8. The van der Waals surface area contributed by atoms with E-state index in [-0.39, 0.29) is 0 Å². The summed E-state index contributed by atoms with van der Waals surface area (Å²) >= 11 is 0. The third-order valence-corrected chi connectivity index (χ3v) is 8.43. The fourth-order valence-corrected chi connectivity index (χ4v) is 6.36. The molecule has 0 saturated carbocycles. The van der Waals surface area contributed by atoms with Gasteiger partial charge >= 0.3 is 6.01 Å². The van der Waals surface area contributed by atoms with Crippen molar-refractivity contribution in [2.75, 3.05) is 49.6 Å². The van der Waals surface area contributed by atoms with E-state index in [4.69, 9.17) is 21.1 Å². The number of anilines is 2. The predicted molar refractivity (Wildman–Crippen MR) is 150 cm³/mol. The molecule has 0 amide bonds. The maximum atomic E-state index is 6.30. The maximum Gasteiger partial charge on any atom is 0.318 e. The van der Waals surface area contributed by atoms with Gasteiger partial charge in [0.2, 0.25) is 0 Å². The van der Waals surface area contributed by atoms with Crippen LogP contribution in [0.25, 0.3) is 10.8 Å². The third-order valence-electron chi connectivity index (χ3n) is 8.43. The van der Waals surface area contributed by atoms with Crippen molar-refractivity contribution >= 4 is 22.3 Å². The molecule has 3 aliphatic rings. The molecule has 0 unspecified atom stereocenters. The van der Waals surface area contributed by atoms with E-state index in [0.717, 1.165) is 63.5 Å². The molecule has 37 heavy (non-hydrogen) atoms. The highest BCUT2D eigenvalue weighted by atomic mass is 16.5. The maximum absolute atomic E-state index is 6.30. The standard InChI is InChI=1S/C31H37N5O/c1-3-9-23-10-7-18-36(20-23)30-27-16-19-35(29-15-6-12-24-11-4-5-14-26(24)29)21-28(27)32-31(33-30)37-22-25-13-8-17-34(25)2/h1,4-6,11-12,14-15,23,25H,7-10,13,16-22H2,2H3/t23-,25+/m1/s1. The molecule has 6 rings (SSSR count). The van der Waals surface area contributed by atoms with Crippen molar-refractivity contribution < 1.29 is 4.74 Å². The number of likely N-dealkylation sites (N-methyl/N-ethyl adjacent to an activating group) is 1. The first kappa shape index (κ1) is 24.1. The zero-order valence-corrected chi connectivity index (χ0v) is 21.9. The van der Waals surface area contributed by atoms with Gasteiger partial charge < -0.3 is 19.4 Å². The van der Waals surface area contributed by atoms with E-state index in [2.05, 4.69) is 70.1 Å². The van der Waals surface area contributed by atoms with E-state index < -0.39 is 0 Å². The fraction of sp³-hybridized carbons (Fsp3) is 0.484. The van der Waals surface area contributed by atoms with Crippen molar-refractivity contribution in [1.82, 2.24) is 14.9 Å². The summed E-state index contributed by atoms with van der Waals surface area (Å²) in [6, 6.07) is 16.2. The van der Waals surface area contributed by atoms with Gasteiger partial charge in [-0.15, -0.1) is 12.3 Å². The molecule has 0 N–H and O–H groups in total. The van der Waals surface area contributed by atoms with Gasteiger partial charge in [-0.2, -0.15) is 9.97 Å². The van der Waals surface area contributed by atoms with Crippen molar-refractivity contribution in [1.29, 1.82) is 0 Å². The fourth-order valence-electron chi connectivity index (χ4n) is 6.36. The highest BCUT2D eigenvalue weighted by Gasteiger charge is 2.29. The lowest BCUT2D eigenvalue weighted by molar-refractivity contribution is 0.187. The number of likely N-dealkylation sites (tertiary alicyclic amines) is 1. The summed E-state index contributed by atoms with van der Waals surface area (Å²) < 4.78 is 6.30. The van der Waals surface area contributed by atoms with Gasteiger partial charge in [0, 0.05) is 48.7 Å². The number of nitrogens with zero attached hydrogens (tertiary/aromatic N) is 5. The van der Waals surface area contributed by atoms with E-state index in [9.17, 15) is 0 Å². The minimum Gasteiger partial charge on any atom is -0.462 e. The number of hydrogen-bond acceptors (Lipinski definition) is 6. The highest BCUT2D eigenvalue weighted by Crippen LogP contribution is 2.35. The molecular weight excluding hydrogens is 458 g/mol. The molecular formula is C31H37N5O. The summed E-state index contributed by atoms with van der Waals surface area (Å²) in [7, 11) is 2.18. The Balaban J connectivity index is 1.32. The molecule has 192 valence electrons. The zero-order valence-electron chi connectivity index (χ0n) is 21.9. The van der Waals surface area contributed by atoms with Gasteiger partial charge in [0.05, 0.1) is 12.2 Å². The van der Waals surface area contributed by atoms with Gasteiger partial charge in [-0.3, -0.25) is 0 Å². The molecule has 0 spiro atoms. The number of ether oxygens (including phenoxy) is 1. The Morgan fingerprint density at radius 1 is 1.00 bits per heavy atom.